The molecule has 0 aromatic carbocycles. The fourth-order valence-corrected chi connectivity index (χ4v) is 1.85. The van der Waals surface area contributed by atoms with Crippen LogP contribution in [0.4, 0.5) is 0 Å². The van der Waals surface area contributed by atoms with Crippen molar-refractivity contribution >= 4 is 0 Å². The second-order valence-corrected chi connectivity index (χ2v) is 4.18. The normalized spacial score (nSPS) is 14.2. The smallest absolute Gasteiger partial charge is 0.0315 e. The molecule has 2 aromatic rings. The van der Waals surface area contributed by atoms with Crippen molar-refractivity contribution in [2.24, 2.45) is 0 Å². The lowest BCUT2D eigenvalue weighted by Gasteiger charge is -2.20. The Hall–Kier alpha value is -1.74. The molecule has 2 heterocycles. The van der Waals surface area contributed by atoms with Gasteiger partial charge in [-0.05, 0) is 43.2 Å². The third-order valence-electron chi connectivity index (χ3n) is 2.89. The topological polar surface area (TPSA) is 37.8 Å². The van der Waals surface area contributed by atoms with E-state index in [0.717, 1.165) is 0 Å². The number of nitrogens with zero attached hydrogens (tertiary/aromatic N) is 2. The van der Waals surface area contributed by atoms with Crippen LogP contribution < -0.4 is 5.32 Å². The van der Waals surface area contributed by atoms with Crippen LogP contribution in [-0.4, -0.2) is 9.97 Å². The van der Waals surface area contributed by atoms with Crippen molar-refractivity contribution in [2.75, 3.05) is 0 Å². The molecule has 0 saturated carbocycles. The van der Waals surface area contributed by atoms with E-state index in [1.165, 1.54) is 11.1 Å². The van der Waals surface area contributed by atoms with Gasteiger partial charge in [-0.15, -0.1) is 0 Å². The van der Waals surface area contributed by atoms with Crippen LogP contribution in [0, 0.1) is 0 Å². The van der Waals surface area contributed by atoms with E-state index in [-0.39, 0.29) is 6.04 Å². The summed E-state index contributed by atoms with van der Waals surface area (Å²) in [6.07, 6.45) is 7.34. The Balaban J connectivity index is 2.02. The van der Waals surface area contributed by atoms with Gasteiger partial charge in [-0.3, -0.25) is 9.97 Å². The number of nitrogens with one attached hydrogen (secondary N) is 1. The molecule has 2 rings (SSSR count). The first-order valence-corrected chi connectivity index (χ1v) is 5.83. The first kappa shape index (κ1) is 11.7. The van der Waals surface area contributed by atoms with Crippen LogP contribution in [0.25, 0.3) is 0 Å². The number of rotatable bonds is 4. The minimum Gasteiger partial charge on any atom is -0.304 e. The van der Waals surface area contributed by atoms with Crippen molar-refractivity contribution in [1.82, 2.24) is 15.3 Å². The lowest BCUT2D eigenvalue weighted by atomic mass is 10.1. The summed E-state index contributed by atoms with van der Waals surface area (Å²) in [5, 5.41) is 3.54. The van der Waals surface area contributed by atoms with Gasteiger partial charge in [-0.25, -0.2) is 0 Å². The first-order valence-electron chi connectivity index (χ1n) is 5.83. The highest BCUT2D eigenvalue weighted by molar-refractivity contribution is 5.17. The van der Waals surface area contributed by atoms with Crippen LogP contribution in [0.1, 0.15) is 37.1 Å². The van der Waals surface area contributed by atoms with Gasteiger partial charge in [0.05, 0.1) is 0 Å². The van der Waals surface area contributed by atoms with Crippen LogP contribution >= 0.6 is 0 Å². The lowest BCUT2D eigenvalue weighted by molar-refractivity contribution is 0.493. The van der Waals surface area contributed by atoms with Crippen molar-refractivity contribution in [3.05, 3.63) is 60.2 Å². The molecular weight excluding hydrogens is 210 g/mol. The van der Waals surface area contributed by atoms with Crippen LogP contribution in [0.2, 0.25) is 0 Å². The number of hydrogen-bond donors (Lipinski definition) is 1. The maximum Gasteiger partial charge on any atom is 0.0315 e. The van der Waals surface area contributed by atoms with E-state index < -0.39 is 0 Å². The van der Waals surface area contributed by atoms with Gasteiger partial charge in [0.1, 0.15) is 0 Å². The molecule has 0 aliphatic heterocycles. The van der Waals surface area contributed by atoms with Gasteiger partial charge in [0.2, 0.25) is 0 Å². The van der Waals surface area contributed by atoms with Crippen LogP contribution in [0.15, 0.2) is 49.1 Å². The molecule has 0 bridgehead atoms. The average Bonchev–Trinajstić information content (AvgIpc) is 2.40. The van der Waals surface area contributed by atoms with Crippen LogP contribution in [-0.2, 0) is 0 Å². The van der Waals surface area contributed by atoms with Crippen LogP contribution in [0.3, 0.4) is 0 Å². The van der Waals surface area contributed by atoms with Gasteiger partial charge in [0.25, 0.3) is 0 Å². The summed E-state index contributed by atoms with van der Waals surface area (Å²) in [5.74, 6) is 0. The van der Waals surface area contributed by atoms with Gasteiger partial charge in [0, 0.05) is 36.9 Å². The Morgan fingerprint density at radius 3 is 2.24 bits per heavy atom. The molecule has 0 aliphatic rings. The summed E-state index contributed by atoms with van der Waals surface area (Å²) < 4.78 is 0. The highest BCUT2D eigenvalue weighted by Gasteiger charge is 2.10. The molecule has 0 fully saturated rings. The Bertz CT molecular complexity index is 398. The molecule has 17 heavy (non-hydrogen) atoms. The summed E-state index contributed by atoms with van der Waals surface area (Å²) in [5.41, 5.74) is 2.45. The van der Waals surface area contributed by atoms with E-state index in [0.29, 0.717) is 6.04 Å². The van der Waals surface area contributed by atoms with E-state index >= 15 is 0 Å². The average molecular weight is 227 g/mol. The molecule has 2 aromatic heterocycles. The molecule has 0 radical (unpaired) electrons. The largest absolute Gasteiger partial charge is 0.304 e. The molecule has 0 saturated heterocycles. The van der Waals surface area contributed by atoms with E-state index in [9.17, 15) is 0 Å². The molecular formula is C14H17N3. The van der Waals surface area contributed by atoms with Gasteiger partial charge >= 0.3 is 0 Å². The standard InChI is InChI=1S/C14H17N3/c1-11(13-5-8-15-9-6-13)17-12(2)14-4-3-7-16-10-14/h3-12,17H,1-2H3/t11?,12-/m0/s1. The molecule has 3 nitrogen and oxygen atoms in total. The van der Waals surface area contributed by atoms with E-state index in [2.05, 4.69) is 35.2 Å². The monoisotopic (exact) mass is 227 g/mol. The van der Waals surface area contributed by atoms with E-state index in [1.807, 2.05) is 36.8 Å². The van der Waals surface area contributed by atoms with Crippen molar-refractivity contribution in [1.29, 1.82) is 0 Å². The Kier molecular flexibility index (Phi) is 3.83. The van der Waals surface area contributed by atoms with E-state index in [4.69, 9.17) is 0 Å². The molecule has 88 valence electrons. The highest BCUT2D eigenvalue weighted by atomic mass is 14.9. The Morgan fingerprint density at radius 1 is 0.882 bits per heavy atom. The summed E-state index contributed by atoms with van der Waals surface area (Å²) in [6.45, 7) is 4.30. The number of aromatic nitrogens is 2. The summed E-state index contributed by atoms with van der Waals surface area (Å²) >= 11 is 0. The highest BCUT2D eigenvalue weighted by Crippen LogP contribution is 2.17. The molecule has 0 spiro atoms. The minimum atomic E-state index is 0.284. The first-order chi connectivity index (χ1) is 8.27. The molecule has 1 unspecified atom stereocenters. The molecule has 0 aliphatic carbocycles. The van der Waals surface area contributed by atoms with E-state index in [1.54, 1.807) is 6.20 Å². The van der Waals surface area contributed by atoms with Gasteiger partial charge in [-0.2, -0.15) is 0 Å². The maximum absolute atomic E-state index is 4.14. The molecule has 0 amide bonds. The summed E-state index contributed by atoms with van der Waals surface area (Å²) in [7, 11) is 0. The number of pyridine rings is 2. The van der Waals surface area contributed by atoms with Crippen molar-refractivity contribution in [2.45, 2.75) is 25.9 Å². The maximum atomic E-state index is 4.14. The number of hydrogen-bond acceptors (Lipinski definition) is 3. The zero-order chi connectivity index (χ0) is 12.1. The lowest BCUT2D eigenvalue weighted by Crippen LogP contribution is -2.22. The SMILES string of the molecule is CC(N[C@@H](C)c1cccnc1)c1ccncc1. The van der Waals surface area contributed by atoms with Gasteiger partial charge in [-0.1, -0.05) is 6.07 Å². The second-order valence-electron chi connectivity index (χ2n) is 4.18. The zero-order valence-corrected chi connectivity index (χ0v) is 10.2. The predicted octanol–water partition coefficient (Wildman–Crippen LogP) is 2.89. The van der Waals surface area contributed by atoms with Crippen molar-refractivity contribution in [3.8, 4) is 0 Å². The zero-order valence-electron chi connectivity index (χ0n) is 10.2. The summed E-state index contributed by atoms with van der Waals surface area (Å²) in [4.78, 5) is 8.16. The second kappa shape index (κ2) is 5.55. The molecule has 1 N–H and O–H groups in total. The quantitative estimate of drug-likeness (QED) is 0.872. The third-order valence-corrected chi connectivity index (χ3v) is 2.89. The van der Waals surface area contributed by atoms with Crippen LogP contribution in [0.5, 0.6) is 0 Å². The molecule has 2 atom stereocenters. The van der Waals surface area contributed by atoms with Gasteiger partial charge < -0.3 is 5.32 Å². The summed E-state index contributed by atoms with van der Waals surface area (Å²) in [6, 6.07) is 8.70. The van der Waals surface area contributed by atoms with Crippen molar-refractivity contribution < 1.29 is 0 Å². The Labute approximate surface area is 102 Å². The fraction of sp³-hybridized carbons (Fsp3) is 0.286. The van der Waals surface area contributed by atoms with Crippen molar-refractivity contribution in [3.63, 3.8) is 0 Å². The molecule has 3 heteroatoms. The minimum absolute atomic E-state index is 0.284. The van der Waals surface area contributed by atoms with Gasteiger partial charge in [0.15, 0.2) is 0 Å². The fourth-order valence-electron chi connectivity index (χ4n) is 1.85. The third kappa shape index (κ3) is 3.11. The predicted molar refractivity (Wildman–Crippen MR) is 68.4 cm³/mol. The Morgan fingerprint density at radius 2 is 1.59 bits per heavy atom.